The molecule has 0 aliphatic carbocycles. The molecular weight excluding hydrogens is 412 g/mol. The first-order valence-corrected chi connectivity index (χ1v) is 11.5. The number of rotatable bonds is 8. The van der Waals surface area contributed by atoms with Gasteiger partial charge in [0.2, 0.25) is 15.9 Å². The number of carbonyl (C=O) groups excluding carboxylic acids is 1. The first kappa shape index (κ1) is 22.5. The predicted molar refractivity (Wildman–Crippen MR) is 121 cm³/mol. The summed E-state index contributed by atoms with van der Waals surface area (Å²) in [7, 11) is -3.90. The number of hydrogen-bond donors (Lipinski definition) is 2. The van der Waals surface area contributed by atoms with Gasteiger partial charge in [0.05, 0.1) is 4.90 Å². The standard InChI is InChI=1S/C24H26N2O4S/c1-3-24(28)25-21-13-15-22(16-14-21)31(29,30)26(17-20-11-7-8-12-23(20)27)18(2)19-9-5-4-6-10-19/h4-16,18,27H,3,17H2,1-2H3,(H,25,28)/t18-/m1/s1. The highest BCUT2D eigenvalue weighted by atomic mass is 32.2. The van der Waals surface area contributed by atoms with Crippen molar-refractivity contribution in [2.45, 2.75) is 37.8 Å². The molecule has 0 bridgehead atoms. The molecule has 0 saturated heterocycles. The first-order valence-electron chi connectivity index (χ1n) is 10.1. The Labute approximate surface area is 183 Å². The van der Waals surface area contributed by atoms with Gasteiger partial charge in [0.25, 0.3) is 0 Å². The molecule has 1 atom stereocenters. The van der Waals surface area contributed by atoms with Gasteiger partial charge in [0.1, 0.15) is 5.75 Å². The third-order valence-electron chi connectivity index (χ3n) is 5.10. The molecular formula is C24H26N2O4S. The number of phenolic OH excluding ortho intramolecular Hbond substituents is 1. The maximum absolute atomic E-state index is 13.6. The molecule has 0 fully saturated rings. The summed E-state index contributed by atoms with van der Waals surface area (Å²) in [5, 5.41) is 12.9. The lowest BCUT2D eigenvalue weighted by atomic mass is 10.1. The van der Waals surface area contributed by atoms with Gasteiger partial charge in [-0.2, -0.15) is 4.31 Å². The van der Waals surface area contributed by atoms with Crippen LogP contribution in [0, 0.1) is 0 Å². The number of anilines is 1. The highest BCUT2D eigenvalue weighted by Gasteiger charge is 2.30. The summed E-state index contributed by atoms with van der Waals surface area (Å²) < 4.78 is 28.6. The Morgan fingerprint density at radius 3 is 2.19 bits per heavy atom. The van der Waals surface area contributed by atoms with Crippen LogP contribution in [0.3, 0.4) is 0 Å². The summed E-state index contributed by atoms with van der Waals surface area (Å²) in [4.78, 5) is 11.7. The van der Waals surface area contributed by atoms with Crippen molar-refractivity contribution in [3.63, 3.8) is 0 Å². The van der Waals surface area contributed by atoms with Gasteiger partial charge in [-0.05, 0) is 42.8 Å². The summed E-state index contributed by atoms with van der Waals surface area (Å²) in [6.07, 6.45) is 0.336. The van der Waals surface area contributed by atoms with E-state index in [1.165, 1.54) is 16.4 Å². The molecule has 0 heterocycles. The smallest absolute Gasteiger partial charge is 0.243 e. The summed E-state index contributed by atoms with van der Waals surface area (Å²) in [6, 6.07) is 21.7. The number of para-hydroxylation sites is 1. The molecule has 0 saturated carbocycles. The molecule has 0 aliphatic rings. The molecule has 3 aromatic carbocycles. The second-order valence-electron chi connectivity index (χ2n) is 7.19. The van der Waals surface area contributed by atoms with Crippen LogP contribution in [-0.2, 0) is 21.4 Å². The van der Waals surface area contributed by atoms with Gasteiger partial charge in [-0.3, -0.25) is 4.79 Å². The van der Waals surface area contributed by atoms with Crippen LogP contribution in [0.5, 0.6) is 5.75 Å². The highest BCUT2D eigenvalue weighted by Crippen LogP contribution is 2.31. The topological polar surface area (TPSA) is 86.7 Å². The molecule has 3 aromatic rings. The van der Waals surface area contributed by atoms with Gasteiger partial charge in [0, 0.05) is 30.3 Å². The number of amides is 1. The van der Waals surface area contributed by atoms with Crippen LogP contribution < -0.4 is 5.32 Å². The number of hydrogen-bond acceptors (Lipinski definition) is 4. The summed E-state index contributed by atoms with van der Waals surface area (Å²) in [6.45, 7) is 3.58. The lowest BCUT2D eigenvalue weighted by molar-refractivity contribution is -0.115. The van der Waals surface area contributed by atoms with E-state index in [9.17, 15) is 18.3 Å². The van der Waals surface area contributed by atoms with Crippen molar-refractivity contribution in [3.05, 3.63) is 90.0 Å². The Kier molecular flexibility index (Phi) is 7.09. The normalized spacial score (nSPS) is 12.5. The minimum Gasteiger partial charge on any atom is -0.508 e. The Morgan fingerprint density at radius 2 is 1.58 bits per heavy atom. The van der Waals surface area contributed by atoms with Crippen molar-refractivity contribution in [1.29, 1.82) is 0 Å². The lowest BCUT2D eigenvalue weighted by Gasteiger charge is -2.29. The minimum atomic E-state index is -3.90. The van der Waals surface area contributed by atoms with E-state index in [0.717, 1.165) is 5.56 Å². The van der Waals surface area contributed by atoms with Crippen molar-refractivity contribution < 1.29 is 18.3 Å². The minimum absolute atomic E-state index is 0.0133. The number of nitrogens with zero attached hydrogens (tertiary/aromatic N) is 1. The van der Waals surface area contributed by atoms with E-state index in [4.69, 9.17) is 0 Å². The highest BCUT2D eigenvalue weighted by molar-refractivity contribution is 7.89. The number of nitrogens with one attached hydrogen (secondary N) is 1. The van der Waals surface area contributed by atoms with Gasteiger partial charge < -0.3 is 10.4 Å². The van der Waals surface area contributed by atoms with E-state index < -0.39 is 16.1 Å². The van der Waals surface area contributed by atoms with E-state index in [-0.39, 0.29) is 23.1 Å². The second kappa shape index (κ2) is 9.76. The molecule has 0 radical (unpaired) electrons. The molecule has 2 N–H and O–H groups in total. The third kappa shape index (κ3) is 5.31. The fourth-order valence-corrected chi connectivity index (χ4v) is 4.83. The third-order valence-corrected chi connectivity index (χ3v) is 7.03. The Balaban J connectivity index is 1.99. The van der Waals surface area contributed by atoms with Crippen molar-refractivity contribution in [3.8, 4) is 5.75 Å². The maximum atomic E-state index is 13.6. The Morgan fingerprint density at radius 1 is 0.968 bits per heavy atom. The van der Waals surface area contributed by atoms with Crippen LogP contribution in [0.2, 0.25) is 0 Å². The predicted octanol–water partition coefficient (Wildman–Crippen LogP) is 4.69. The summed E-state index contributed by atoms with van der Waals surface area (Å²) in [5.74, 6) is -0.102. The van der Waals surface area contributed by atoms with E-state index in [2.05, 4.69) is 5.32 Å². The molecule has 1 amide bonds. The SMILES string of the molecule is CCC(=O)Nc1ccc(S(=O)(=O)N(Cc2ccccc2O)[C@H](C)c2ccccc2)cc1. The van der Waals surface area contributed by atoms with Gasteiger partial charge in [0.15, 0.2) is 0 Å². The molecule has 0 unspecified atom stereocenters. The zero-order chi connectivity index (χ0) is 22.4. The first-order chi connectivity index (χ1) is 14.8. The van der Waals surface area contributed by atoms with Crippen LogP contribution in [0.15, 0.2) is 83.8 Å². The zero-order valence-electron chi connectivity index (χ0n) is 17.5. The van der Waals surface area contributed by atoms with Crippen molar-refractivity contribution in [1.82, 2.24) is 4.31 Å². The fourth-order valence-electron chi connectivity index (χ4n) is 3.24. The number of benzene rings is 3. The fraction of sp³-hybridized carbons (Fsp3) is 0.208. The molecule has 31 heavy (non-hydrogen) atoms. The average molecular weight is 439 g/mol. The van der Waals surface area contributed by atoms with Crippen LogP contribution >= 0.6 is 0 Å². The Bertz CT molecular complexity index is 1130. The van der Waals surface area contributed by atoms with Gasteiger partial charge in [-0.15, -0.1) is 0 Å². The lowest BCUT2D eigenvalue weighted by Crippen LogP contribution is -2.33. The van der Waals surface area contributed by atoms with E-state index in [0.29, 0.717) is 17.7 Å². The van der Waals surface area contributed by atoms with E-state index in [1.54, 1.807) is 43.3 Å². The maximum Gasteiger partial charge on any atom is 0.243 e. The van der Waals surface area contributed by atoms with Crippen LogP contribution in [0.4, 0.5) is 5.69 Å². The molecule has 7 heteroatoms. The van der Waals surface area contributed by atoms with E-state index in [1.807, 2.05) is 37.3 Å². The van der Waals surface area contributed by atoms with Crippen LogP contribution in [-0.4, -0.2) is 23.7 Å². The summed E-state index contributed by atoms with van der Waals surface area (Å²) >= 11 is 0. The van der Waals surface area contributed by atoms with E-state index >= 15 is 0 Å². The van der Waals surface area contributed by atoms with Gasteiger partial charge in [-0.1, -0.05) is 55.5 Å². The largest absolute Gasteiger partial charge is 0.508 e. The van der Waals surface area contributed by atoms with Crippen LogP contribution in [0.25, 0.3) is 0 Å². The van der Waals surface area contributed by atoms with Crippen molar-refractivity contribution >= 4 is 21.6 Å². The molecule has 162 valence electrons. The van der Waals surface area contributed by atoms with Gasteiger partial charge >= 0.3 is 0 Å². The average Bonchev–Trinajstić information content (AvgIpc) is 2.79. The number of carbonyl (C=O) groups is 1. The molecule has 6 nitrogen and oxygen atoms in total. The quantitative estimate of drug-likeness (QED) is 0.534. The molecule has 3 rings (SSSR count). The monoisotopic (exact) mass is 438 g/mol. The van der Waals surface area contributed by atoms with Crippen molar-refractivity contribution in [2.24, 2.45) is 0 Å². The van der Waals surface area contributed by atoms with Gasteiger partial charge in [-0.25, -0.2) is 8.42 Å². The van der Waals surface area contributed by atoms with Crippen molar-refractivity contribution in [2.75, 3.05) is 5.32 Å². The number of sulfonamides is 1. The molecule has 0 spiro atoms. The van der Waals surface area contributed by atoms with Crippen LogP contribution in [0.1, 0.15) is 37.4 Å². The second-order valence-corrected chi connectivity index (χ2v) is 9.08. The number of phenols is 1. The zero-order valence-corrected chi connectivity index (χ0v) is 18.3. The molecule has 0 aliphatic heterocycles. The Hall–Kier alpha value is -3.16. The molecule has 0 aromatic heterocycles. The summed E-state index contributed by atoms with van der Waals surface area (Å²) in [5.41, 5.74) is 1.89. The number of aromatic hydroxyl groups is 1.